The molecule has 2 rings (SSSR count). The third kappa shape index (κ3) is 13.0. The van der Waals surface area contributed by atoms with Crippen LogP contribution in [-0.2, 0) is 32.4 Å². The standard InChI is InChI=1S/2C13H24N2O3Si/c1-6-18-13(16)12-9-15(14-11(12)2)10-17-7-8-19(3,4)5;1-6-18-13(16)12-9-14-15(11(12)2)10-17-7-8-19(3,4)5/h2*9H,6-8,10H2,1-5H3. The van der Waals surface area contributed by atoms with Crippen LogP contribution in [0.4, 0.5) is 0 Å². The Balaban J connectivity index is 0.000000380. The predicted molar refractivity (Wildman–Crippen MR) is 154 cm³/mol. The van der Waals surface area contributed by atoms with E-state index in [-0.39, 0.29) is 11.9 Å². The predicted octanol–water partition coefficient (Wildman–Crippen LogP) is 5.36. The van der Waals surface area contributed by atoms with Gasteiger partial charge in [0, 0.05) is 35.6 Å². The van der Waals surface area contributed by atoms with Crippen LogP contribution in [0.15, 0.2) is 12.4 Å². The molecule has 0 aliphatic rings. The minimum atomic E-state index is -1.06. The third-order valence-corrected chi connectivity index (χ3v) is 8.88. The van der Waals surface area contributed by atoms with Crippen molar-refractivity contribution in [3.8, 4) is 0 Å². The first-order valence-corrected chi connectivity index (χ1v) is 20.7. The van der Waals surface area contributed by atoms with Gasteiger partial charge in [0.1, 0.15) is 24.6 Å². The molecule has 0 bridgehead atoms. The lowest BCUT2D eigenvalue weighted by atomic mass is 10.3. The molecule has 216 valence electrons. The monoisotopic (exact) mass is 568 g/mol. The number of aromatic nitrogens is 4. The summed E-state index contributed by atoms with van der Waals surface area (Å²) in [6.07, 6.45) is 3.22. The molecule has 10 nitrogen and oxygen atoms in total. The summed E-state index contributed by atoms with van der Waals surface area (Å²) in [5.41, 5.74) is 2.48. The SMILES string of the molecule is CCOC(=O)c1cn(COCC[Si](C)(C)C)nc1C.CCOC(=O)c1cnn(COCC[Si](C)(C)C)c1C. The Bertz CT molecular complexity index is 993. The summed E-state index contributed by atoms with van der Waals surface area (Å²) in [4.78, 5) is 23.3. The Hall–Kier alpha value is -2.29. The van der Waals surface area contributed by atoms with Gasteiger partial charge in [-0.2, -0.15) is 10.2 Å². The van der Waals surface area contributed by atoms with Crippen LogP contribution in [0.25, 0.3) is 0 Å². The first kappa shape index (κ1) is 33.7. The lowest BCUT2D eigenvalue weighted by molar-refractivity contribution is 0.0513. The molecule has 0 saturated heterocycles. The van der Waals surface area contributed by atoms with Crippen LogP contribution in [0.2, 0.25) is 51.4 Å². The van der Waals surface area contributed by atoms with Gasteiger partial charge in [0.15, 0.2) is 0 Å². The molecule has 0 amide bonds. The Kier molecular flexibility index (Phi) is 14.2. The topological polar surface area (TPSA) is 107 Å². The summed E-state index contributed by atoms with van der Waals surface area (Å²) in [7, 11) is -2.12. The summed E-state index contributed by atoms with van der Waals surface area (Å²) in [5, 5.41) is 8.41. The van der Waals surface area contributed by atoms with Crippen molar-refractivity contribution in [1.82, 2.24) is 19.6 Å². The van der Waals surface area contributed by atoms with E-state index in [0.29, 0.717) is 43.5 Å². The van der Waals surface area contributed by atoms with Crippen LogP contribution in [0.3, 0.4) is 0 Å². The van der Waals surface area contributed by atoms with Gasteiger partial charge in [-0.05, 0) is 39.8 Å². The summed E-state index contributed by atoms with van der Waals surface area (Å²) in [6, 6.07) is 2.25. The number of aryl methyl sites for hydroxylation is 1. The van der Waals surface area contributed by atoms with Gasteiger partial charge in [-0.1, -0.05) is 39.3 Å². The molecule has 0 saturated carbocycles. The number of esters is 2. The molecule has 12 heteroatoms. The highest BCUT2D eigenvalue weighted by atomic mass is 28.3. The highest BCUT2D eigenvalue weighted by Gasteiger charge is 2.17. The average Bonchev–Trinajstić information content (AvgIpc) is 3.36. The first-order valence-electron chi connectivity index (χ1n) is 13.2. The van der Waals surface area contributed by atoms with E-state index >= 15 is 0 Å². The Morgan fingerprint density at radius 3 is 1.82 bits per heavy atom. The van der Waals surface area contributed by atoms with Crippen molar-refractivity contribution < 1.29 is 28.5 Å². The first-order chi connectivity index (χ1) is 17.7. The zero-order valence-corrected chi connectivity index (χ0v) is 27.0. The van der Waals surface area contributed by atoms with E-state index in [1.54, 1.807) is 36.3 Å². The summed E-state index contributed by atoms with van der Waals surface area (Å²) in [5.74, 6) is -0.651. The molecule has 0 fully saturated rings. The van der Waals surface area contributed by atoms with Gasteiger partial charge >= 0.3 is 11.9 Å². The molecule has 38 heavy (non-hydrogen) atoms. The third-order valence-electron chi connectivity index (χ3n) is 5.47. The molecule has 0 unspecified atom stereocenters. The molecule has 2 aromatic heterocycles. The van der Waals surface area contributed by atoms with Crippen molar-refractivity contribution >= 4 is 28.1 Å². The Morgan fingerprint density at radius 2 is 1.32 bits per heavy atom. The second-order valence-electron chi connectivity index (χ2n) is 11.4. The number of ether oxygens (including phenoxy) is 4. The lowest BCUT2D eigenvalue weighted by Gasteiger charge is -2.15. The van der Waals surface area contributed by atoms with Gasteiger partial charge in [-0.15, -0.1) is 0 Å². The van der Waals surface area contributed by atoms with E-state index in [0.717, 1.165) is 31.0 Å². The quantitative estimate of drug-likeness (QED) is 0.170. The number of nitrogens with zero attached hydrogens (tertiary/aromatic N) is 4. The van der Waals surface area contributed by atoms with Gasteiger partial charge in [0.05, 0.1) is 30.8 Å². The van der Waals surface area contributed by atoms with Crippen LogP contribution in [0, 0.1) is 13.8 Å². The molecule has 0 aliphatic heterocycles. The molecule has 2 aromatic rings. The van der Waals surface area contributed by atoms with Crippen LogP contribution >= 0.6 is 0 Å². The second-order valence-corrected chi connectivity index (χ2v) is 22.7. The smallest absolute Gasteiger partial charge is 0.341 e. The fourth-order valence-electron chi connectivity index (χ4n) is 3.04. The van der Waals surface area contributed by atoms with E-state index in [4.69, 9.17) is 18.9 Å². The fraction of sp³-hybridized carbons (Fsp3) is 0.692. The molecule has 0 atom stereocenters. The maximum absolute atomic E-state index is 11.6. The fourth-order valence-corrected chi connectivity index (χ4v) is 4.56. The van der Waals surface area contributed by atoms with Crippen molar-refractivity contribution in [3.63, 3.8) is 0 Å². The molecule has 0 aliphatic carbocycles. The zero-order valence-electron chi connectivity index (χ0n) is 25.0. The summed E-state index contributed by atoms with van der Waals surface area (Å²) >= 11 is 0. The number of hydrogen-bond donors (Lipinski definition) is 0. The van der Waals surface area contributed by atoms with Crippen molar-refractivity contribution in [2.24, 2.45) is 0 Å². The van der Waals surface area contributed by atoms with Gasteiger partial charge < -0.3 is 18.9 Å². The maximum atomic E-state index is 11.6. The minimum Gasteiger partial charge on any atom is -0.462 e. The maximum Gasteiger partial charge on any atom is 0.341 e. The number of rotatable bonds is 14. The summed E-state index contributed by atoms with van der Waals surface area (Å²) < 4.78 is 24.5. The van der Waals surface area contributed by atoms with Crippen LogP contribution in [0.1, 0.15) is 46.0 Å². The largest absolute Gasteiger partial charge is 0.462 e. The molecule has 0 radical (unpaired) electrons. The van der Waals surface area contributed by atoms with Gasteiger partial charge in [0.2, 0.25) is 0 Å². The van der Waals surface area contributed by atoms with Gasteiger partial charge in [0.25, 0.3) is 0 Å². The lowest BCUT2D eigenvalue weighted by Crippen LogP contribution is -2.22. The second kappa shape index (κ2) is 16.0. The van der Waals surface area contributed by atoms with E-state index in [2.05, 4.69) is 49.5 Å². The number of carbonyl (C=O) groups excluding carboxylic acids is 2. The van der Waals surface area contributed by atoms with E-state index in [1.807, 2.05) is 6.92 Å². The molecule has 0 N–H and O–H groups in total. The molecule has 0 aromatic carbocycles. The Morgan fingerprint density at radius 1 is 0.816 bits per heavy atom. The Labute approximate surface area is 230 Å². The number of hydrogen-bond acceptors (Lipinski definition) is 8. The average molecular weight is 569 g/mol. The normalized spacial score (nSPS) is 11.6. The van der Waals surface area contributed by atoms with Crippen molar-refractivity contribution in [2.75, 3.05) is 26.4 Å². The van der Waals surface area contributed by atoms with Gasteiger partial charge in [-0.25, -0.2) is 19.0 Å². The van der Waals surface area contributed by atoms with E-state index < -0.39 is 16.1 Å². The van der Waals surface area contributed by atoms with Crippen molar-refractivity contribution in [3.05, 3.63) is 34.9 Å². The van der Waals surface area contributed by atoms with E-state index in [1.165, 1.54) is 6.20 Å². The van der Waals surface area contributed by atoms with Crippen LogP contribution < -0.4 is 0 Å². The molecule has 0 spiro atoms. The molecular formula is C26H48N4O6Si2. The highest BCUT2D eigenvalue weighted by Crippen LogP contribution is 2.12. The molecule has 2 heterocycles. The van der Waals surface area contributed by atoms with Gasteiger partial charge in [-0.3, -0.25) is 0 Å². The number of carbonyl (C=O) groups is 2. The zero-order chi connectivity index (χ0) is 28.9. The van der Waals surface area contributed by atoms with Crippen molar-refractivity contribution in [1.29, 1.82) is 0 Å². The molecular weight excluding hydrogens is 520 g/mol. The van der Waals surface area contributed by atoms with Crippen LogP contribution in [-0.4, -0.2) is 74.1 Å². The summed E-state index contributed by atoms with van der Waals surface area (Å²) in [6.45, 7) is 24.1. The van der Waals surface area contributed by atoms with Crippen molar-refractivity contribution in [2.45, 2.75) is 92.5 Å². The minimum absolute atomic E-state index is 0.326. The van der Waals surface area contributed by atoms with Crippen LogP contribution in [0.5, 0.6) is 0 Å². The van der Waals surface area contributed by atoms with E-state index in [9.17, 15) is 9.59 Å². The highest BCUT2D eigenvalue weighted by molar-refractivity contribution is 6.76.